The minimum absolute atomic E-state index is 0.0223. The van der Waals surface area contributed by atoms with E-state index < -0.39 is 0 Å². The van der Waals surface area contributed by atoms with Gasteiger partial charge in [-0.25, -0.2) is 0 Å². The summed E-state index contributed by atoms with van der Waals surface area (Å²) < 4.78 is 0. The van der Waals surface area contributed by atoms with Gasteiger partial charge in [0.1, 0.15) is 0 Å². The average Bonchev–Trinajstić information content (AvgIpc) is 2.88. The molecule has 0 saturated carbocycles. The van der Waals surface area contributed by atoms with Gasteiger partial charge in [0.2, 0.25) is 5.91 Å². The van der Waals surface area contributed by atoms with E-state index in [0.717, 1.165) is 13.0 Å². The van der Waals surface area contributed by atoms with Crippen molar-refractivity contribution in [1.82, 2.24) is 15.1 Å². The topological polar surface area (TPSA) is 35.6 Å². The highest BCUT2D eigenvalue weighted by Gasteiger charge is 2.41. The maximum atomic E-state index is 12.7. The van der Waals surface area contributed by atoms with Crippen LogP contribution in [0.1, 0.15) is 47.0 Å². The van der Waals surface area contributed by atoms with Crippen LogP contribution in [0.15, 0.2) is 0 Å². The van der Waals surface area contributed by atoms with Crippen molar-refractivity contribution in [1.29, 1.82) is 0 Å². The van der Waals surface area contributed by atoms with E-state index >= 15 is 0 Å². The van der Waals surface area contributed by atoms with E-state index in [1.807, 2.05) is 0 Å². The maximum Gasteiger partial charge on any atom is 0.241 e. The standard InChI is InChI=1S/C16H31N3O/c1-11(2)9-14-16(20)19(15(17-14)12(3)4)10-13-7-6-8-18(13)5/h11-15,17H,6-10H2,1-5H3. The molecular weight excluding hydrogens is 250 g/mol. The van der Waals surface area contributed by atoms with Gasteiger partial charge in [0.25, 0.3) is 0 Å². The first kappa shape index (κ1) is 15.8. The molecule has 2 heterocycles. The summed E-state index contributed by atoms with van der Waals surface area (Å²) in [7, 11) is 2.18. The van der Waals surface area contributed by atoms with Gasteiger partial charge in [-0.2, -0.15) is 0 Å². The molecule has 0 aromatic carbocycles. The number of likely N-dealkylation sites (N-methyl/N-ethyl adjacent to an activating group) is 1. The fourth-order valence-electron chi connectivity index (χ4n) is 3.54. The lowest BCUT2D eigenvalue weighted by Gasteiger charge is -2.31. The number of amides is 1. The second-order valence-electron chi connectivity index (χ2n) is 7.30. The van der Waals surface area contributed by atoms with Gasteiger partial charge in [0.05, 0.1) is 12.2 Å². The van der Waals surface area contributed by atoms with E-state index in [1.165, 1.54) is 19.4 Å². The number of rotatable bonds is 5. The van der Waals surface area contributed by atoms with Crippen LogP contribution < -0.4 is 5.32 Å². The summed E-state index contributed by atoms with van der Waals surface area (Å²) >= 11 is 0. The number of hydrogen-bond donors (Lipinski definition) is 1. The van der Waals surface area contributed by atoms with Gasteiger partial charge in [-0.1, -0.05) is 27.7 Å². The normalized spacial score (nSPS) is 32.0. The summed E-state index contributed by atoms with van der Waals surface area (Å²) in [5.41, 5.74) is 0. The molecule has 2 aliphatic rings. The molecule has 0 aliphatic carbocycles. The van der Waals surface area contributed by atoms with Crippen molar-refractivity contribution < 1.29 is 4.79 Å². The van der Waals surface area contributed by atoms with Crippen molar-refractivity contribution >= 4 is 5.91 Å². The Morgan fingerprint density at radius 1 is 1.30 bits per heavy atom. The monoisotopic (exact) mass is 281 g/mol. The van der Waals surface area contributed by atoms with E-state index in [-0.39, 0.29) is 12.2 Å². The Morgan fingerprint density at radius 2 is 2.00 bits per heavy atom. The summed E-state index contributed by atoms with van der Waals surface area (Å²) in [4.78, 5) is 17.2. The lowest BCUT2D eigenvalue weighted by Crippen LogP contribution is -2.47. The maximum absolute atomic E-state index is 12.7. The van der Waals surface area contributed by atoms with Crippen molar-refractivity contribution in [2.24, 2.45) is 11.8 Å². The number of nitrogens with one attached hydrogen (secondary N) is 1. The molecule has 116 valence electrons. The van der Waals surface area contributed by atoms with Crippen LogP contribution in [0.4, 0.5) is 0 Å². The van der Waals surface area contributed by atoms with Crippen LogP contribution in [-0.2, 0) is 4.79 Å². The summed E-state index contributed by atoms with van der Waals surface area (Å²) in [5.74, 6) is 1.33. The van der Waals surface area contributed by atoms with Crippen molar-refractivity contribution in [2.45, 2.75) is 65.2 Å². The first-order chi connectivity index (χ1) is 9.40. The second kappa shape index (κ2) is 6.44. The van der Waals surface area contributed by atoms with Crippen LogP contribution in [0.5, 0.6) is 0 Å². The van der Waals surface area contributed by atoms with Crippen molar-refractivity contribution in [3.8, 4) is 0 Å². The number of hydrogen-bond acceptors (Lipinski definition) is 3. The van der Waals surface area contributed by atoms with Crippen LogP contribution in [0.25, 0.3) is 0 Å². The number of nitrogens with zero attached hydrogens (tertiary/aromatic N) is 2. The molecule has 1 amide bonds. The Labute approximate surface area is 123 Å². The third kappa shape index (κ3) is 3.34. The number of carbonyl (C=O) groups excluding carboxylic acids is 1. The fourth-order valence-corrected chi connectivity index (χ4v) is 3.54. The van der Waals surface area contributed by atoms with Gasteiger partial charge in [-0.3, -0.25) is 10.1 Å². The zero-order chi connectivity index (χ0) is 14.9. The quantitative estimate of drug-likeness (QED) is 0.836. The highest BCUT2D eigenvalue weighted by atomic mass is 16.2. The minimum Gasteiger partial charge on any atom is -0.324 e. The lowest BCUT2D eigenvalue weighted by atomic mass is 10.0. The molecule has 0 bridgehead atoms. The second-order valence-corrected chi connectivity index (χ2v) is 7.30. The fraction of sp³-hybridized carbons (Fsp3) is 0.938. The molecular formula is C16H31N3O. The van der Waals surface area contributed by atoms with Crippen LogP contribution in [-0.4, -0.2) is 54.1 Å². The molecule has 4 nitrogen and oxygen atoms in total. The number of carbonyl (C=O) groups is 1. The molecule has 3 atom stereocenters. The molecule has 2 aliphatic heterocycles. The molecule has 0 radical (unpaired) electrons. The van der Waals surface area contributed by atoms with Crippen LogP contribution in [0.3, 0.4) is 0 Å². The predicted molar refractivity (Wildman–Crippen MR) is 82.4 cm³/mol. The Morgan fingerprint density at radius 3 is 2.50 bits per heavy atom. The van der Waals surface area contributed by atoms with E-state index in [9.17, 15) is 4.79 Å². The van der Waals surface area contributed by atoms with Crippen molar-refractivity contribution in [2.75, 3.05) is 20.1 Å². The van der Waals surface area contributed by atoms with E-state index in [0.29, 0.717) is 23.8 Å². The predicted octanol–water partition coefficient (Wildman–Crippen LogP) is 1.91. The number of likely N-dealkylation sites (tertiary alicyclic amines) is 1. The van der Waals surface area contributed by atoms with E-state index in [2.05, 4.69) is 49.9 Å². The highest BCUT2D eigenvalue weighted by molar-refractivity contribution is 5.84. The molecule has 2 saturated heterocycles. The Kier molecular flexibility index (Phi) is 5.08. The molecule has 2 fully saturated rings. The van der Waals surface area contributed by atoms with Crippen LogP contribution >= 0.6 is 0 Å². The van der Waals surface area contributed by atoms with Gasteiger partial charge in [-0.05, 0) is 44.7 Å². The van der Waals surface area contributed by atoms with E-state index in [1.54, 1.807) is 0 Å². The largest absolute Gasteiger partial charge is 0.324 e. The Hall–Kier alpha value is -0.610. The average molecular weight is 281 g/mol. The van der Waals surface area contributed by atoms with Gasteiger partial charge in [0.15, 0.2) is 0 Å². The van der Waals surface area contributed by atoms with Gasteiger partial charge in [-0.15, -0.1) is 0 Å². The lowest BCUT2D eigenvalue weighted by molar-refractivity contribution is -0.131. The van der Waals surface area contributed by atoms with Crippen LogP contribution in [0.2, 0.25) is 0 Å². The molecule has 0 aromatic heterocycles. The Bertz CT molecular complexity index is 343. The van der Waals surface area contributed by atoms with Crippen molar-refractivity contribution in [3.63, 3.8) is 0 Å². The smallest absolute Gasteiger partial charge is 0.241 e. The molecule has 3 unspecified atom stereocenters. The summed E-state index contributed by atoms with van der Waals surface area (Å²) in [6, 6.07) is 0.564. The van der Waals surface area contributed by atoms with E-state index in [4.69, 9.17) is 0 Å². The molecule has 0 spiro atoms. The van der Waals surface area contributed by atoms with Crippen LogP contribution in [0, 0.1) is 11.8 Å². The van der Waals surface area contributed by atoms with Gasteiger partial charge in [0, 0.05) is 12.6 Å². The van der Waals surface area contributed by atoms with Gasteiger partial charge >= 0.3 is 0 Å². The molecule has 1 N–H and O–H groups in total. The summed E-state index contributed by atoms with van der Waals surface area (Å²) in [6.07, 6.45) is 3.64. The first-order valence-corrected chi connectivity index (χ1v) is 8.17. The molecule has 2 rings (SSSR count). The van der Waals surface area contributed by atoms with Crippen molar-refractivity contribution in [3.05, 3.63) is 0 Å². The molecule has 0 aromatic rings. The zero-order valence-electron chi connectivity index (χ0n) is 13.7. The highest BCUT2D eigenvalue weighted by Crippen LogP contribution is 2.24. The molecule has 4 heteroatoms. The first-order valence-electron chi connectivity index (χ1n) is 8.17. The zero-order valence-corrected chi connectivity index (χ0v) is 13.7. The summed E-state index contributed by atoms with van der Waals surface area (Å²) in [5, 5.41) is 3.57. The third-order valence-electron chi connectivity index (χ3n) is 4.71. The summed E-state index contributed by atoms with van der Waals surface area (Å²) in [6.45, 7) is 10.8. The minimum atomic E-state index is 0.0223. The Balaban J connectivity index is 2.05. The molecule has 20 heavy (non-hydrogen) atoms. The SMILES string of the molecule is CC(C)CC1NC(C(C)C)N(CC2CCCN2C)C1=O. The third-order valence-corrected chi connectivity index (χ3v) is 4.71. The van der Waals surface area contributed by atoms with Gasteiger partial charge < -0.3 is 9.80 Å².